The molecule has 0 N–H and O–H groups in total. The maximum atomic E-state index is 6.06. The lowest BCUT2D eigenvalue weighted by atomic mass is 10.2. The molecule has 0 unspecified atom stereocenters. The summed E-state index contributed by atoms with van der Waals surface area (Å²) in [4.78, 5) is 9.97. The van der Waals surface area contributed by atoms with Crippen molar-refractivity contribution in [3.8, 4) is 0 Å². The summed E-state index contributed by atoms with van der Waals surface area (Å²) in [6, 6.07) is 8.44. The Balaban J connectivity index is 2.08. The van der Waals surface area contributed by atoms with Crippen LogP contribution >= 0.6 is 23.4 Å². The third-order valence-corrected chi connectivity index (χ3v) is 4.14. The molecule has 94 valence electrons. The molecule has 1 aromatic heterocycles. The summed E-state index contributed by atoms with van der Waals surface area (Å²) >= 11 is 7.78. The molecule has 2 nitrogen and oxygen atoms in total. The fourth-order valence-corrected chi connectivity index (χ4v) is 2.48. The fraction of sp³-hybridized carbons (Fsp3) is 0.286. The van der Waals surface area contributed by atoms with Gasteiger partial charge in [-0.25, -0.2) is 9.97 Å². The minimum atomic E-state index is 0.557. The first-order valence-electron chi connectivity index (χ1n) is 5.75. The first-order valence-corrected chi connectivity index (χ1v) is 7.11. The molecule has 0 radical (unpaired) electrons. The van der Waals surface area contributed by atoms with Crippen molar-refractivity contribution in [2.24, 2.45) is 0 Å². The second-order valence-corrected chi connectivity index (χ2v) is 5.65. The van der Waals surface area contributed by atoms with Gasteiger partial charge in [0.05, 0.1) is 5.75 Å². The highest BCUT2D eigenvalue weighted by molar-refractivity contribution is 7.98. The molecule has 0 aliphatic heterocycles. The van der Waals surface area contributed by atoms with Crippen LogP contribution in [0.25, 0.3) is 0 Å². The summed E-state index contributed by atoms with van der Waals surface area (Å²) in [5.74, 6) is 1.53. The number of aromatic nitrogens is 2. The molecule has 2 aromatic rings. The second-order valence-electron chi connectivity index (χ2n) is 4.24. The normalized spacial score (nSPS) is 10.7. The van der Waals surface area contributed by atoms with Crippen LogP contribution in [-0.2, 0) is 5.75 Å². The van der Waals surface area contributed by atoms with Crippen molar-refractivity contribution >= 4 is 23.4 Å². The van der Waals surface area contributed by atoms with Crippen LogP contribution in [0.2, 0.25) is 5.15 Å². The fourth-order valence-electron chi connectivity index (χ4n) is 1.50. The first-order chi connectivity index (χ1) is 8.56. The van der Waals surface area contributed by atoms with E-state index in [-0.39, 0.29) is 0 Å². The van der Waals surface area contributed by atoms with Gasteiger partial charge in [-0.1, -0.05) is 29.3 Å². The van der Waals surface area contributed by atoms with Gasteiger partial charge in [0, 0.05) is 16.2 Å². The minimum absolute atomic E-state index is 0.557. The lowest BCUT2D eigenvalue weighted by Crippen LogP contribution is -1.99. The zero-order chi connectivity index (χ0) is 13.1. The summed E-state index contributed by atoms with van der Waals surface area (Å²) < 4.78 is 0. The summed E-state index contributed by atoms with van der Waals surface area (Å²) in [6.45, 7) is 5.98. The van der Waals surface area contributed by atoms with Crippen LogP contribution in [0.4, 0.5) is 0 Å². The summed E-state index contributed by atoms with van der Waals surface area (Å²) in [7, 11) is 0. The molecule has 2 rings (SSSR count). The summed E-state index contributed by atoms with van der Waals surface area (Å²) in [5.41, 5.74) is 3.18. The van der Waals surface area contributed by atoms with E-state index in [0.717, 1.165) is 22.8 Å². The number of halogens is 1. The molecular weight excluding hydrogens is 264 g/mol. The van der Waals surface area contributed by atoms with Crippen molar-refractivity contribution < 1.29 is 0 Å². The average molecular weight is 279 g/mol. The van der Waals surface area contributed by atoms with E-state index in [0.29, 0.717) is 5.15 Å². The van der Waals surface area contributed by atoms with E-state index in [1.54, 1.807) is 11.8 Å². The molecule has 0 saturated carbocycles. The zero-order valence-corrected chi connectivity index (χ0v) is 12.3. The topological polar surface area (TPSA) is 25.8 Å². The van der Waals surface area contributed by atoms with E-state index < -0.39 is 0 Å². The number of benzene rings is 1. The smallest absolute Gasteiger partial charge is 0.140 e. The Bertz CT molecular complexity index is 529. The van der Waals surface area contributed by atoms with Crippen LogP contribution in [0.1, 0.15) is 22.6 Å². The Kier molecular flexibility index (Phi) is 4.25. The molecule has 4 heteroatoms. The van der Waals surface area contributed by atoms with Crippen LogP contribution in [-0.4, -0.2) is 9.97 Å². The van der Waals surface area contributed by atoms with Crippen molar-refractivity contribution in [3.63, 3.8) is 0 Å². The first kappa shape index (κ1) is 13.4. The standard InChI is InChI=1S/C14H15ClN2S/c1-9-4-6-12(7-5-9)18-8-13-16-11(3)10(2)14(15)17-13/h4-7H,8H2,1-3H3. The Labute approximate surface area is 117 Å². The number of aryl methyl sites for hydroxylation is 2. The zero-order valence-electron chi connectivity index (χ0n) is 10.7. The molecule has 1 aromatic carbocycles. The highest BCUT2D eigenvalue weighted by atomic mass is 35.5. The van der Waals surface area contributed by atoms with Gasteiger partial charge < -0.3 is 0 Å². The monoisotopic (exact) mass is 278 g/mol. The molecule has 1 heterocycles. The van der Waals surface area contributed by atoms with Gasteiger partial charge in [0.2, 0.25) is 0 Å². The van der Waals surface area contributed by atoms with Crippen LogP contribution in [0.5, 0.6) is 0 Å². The minimum Gasteiger partial charge on any atom is -0.237 e. The van der Waals surface area contributed by atoms with E-state index in [9.17, 15) is 0 Å². The van der Waals surface area contributed by atoms with Gasteiger partial charge in [0.25, 0.3) is 0 Å². The average Bonchev–Trinajstić information content (AvgIpc) is 2.35. The molecule has 0 aliphatic rings. The highest BCUT2D eigenvalue weighted by Crippen LogP contribution is 2.23. The molecule has 0 spiro atoms. The van der Waals surface area contributed by atoms with E-state index in [4.69, 9.17) is 11.6 Å². The molecule has 0 fully saturated rings. The third kappa shape index (κ3) is 3.24. The maximum absolute atomic E-state index is 6.06. The number of nitrogens with zero attached hydrogens (tertiary/aromatic N) is 2. The van der Waals surface area contributed by atoms with E-state index >= 15 is 0 Å². The lowest BCUT2D eigenvalue weighted by Gasteiger charge is -2.06. The second kappa shape index (κ2) is 5.72. The van der Waals surface area contributed by atoms with Gasteiger partial charge in [0.1, 0.15) is 11.0 Å². The molecule has 0 saturated heterocycles. The Hall–Kier alpha value is -1.06. The van der Waals surface area contributed by atoms with Crippen LogP contribution in [0.3, 0.4) is 0 Å². The molecule has 18 heavy (non-hydrogen) atoms. The van der Waals surface area contributed by atoms with Crippen molar-refractivity contribution in [2.75, 3.05) is 0 Å². The maximum Gasteiger partial charge on any atom is 0.140 e. The van der Waals surface area contributed by atoms with Crippen LogP contribution < -0.4 is 0 Å². The summed E-state index contributed by atoms with van der Waals surface area (Å²) in [5, 5.41) is 0.557. The van der Waals surface area contributed by atoms with Crippen LogP contribution in [0.15, 0.2) is 29.2 Å². The van der Waals surface area contributed by atoms with E-state index in [1.165, 1.54) is 10.5 Å². The Morgan fingerprint density at radius 2 is 1.72 bits per heavy atom. The lowest BCUT2D eigenvalue weighted by molar-refractivity contribution is 0.973. The van der Waals surface area contributed by atoms with Crippen LogP contribution in [0, 0.1) is 20.8 Å². The van der Waals surface area contributed by atoms with Crippen molar-refractivity contribution in [2.45, 2.75) is 31.4 Å². The summed E-state index contributed by atoms with van der Waals surface area (Å²) in [6.07, 6.45) is 0. The third-order valence-electron chi connectivity index (χ3n) is 2.77. The molecule has 0 bridgehead atoms. The van der Waals surface area contributed by atoms with Gasteiger partial charge in [-0.2, -0.15) is 0 Å². The predicted octanol–water partition coefficient (Wildman–Crippen LogP) is 4.35. The molecular formula is C14H15ClN2S. The van der Waals surface area contributed by atoms with Gasteiger partial charge in [-0.05, 0) is 32.9 Å². The van der Waals surface area contributed by atoms with E-state index in [1.807, 2.05) is 13.8 Å². The largest absolute Gasteiger partial charge is 0.237 e. The molecule has 0 amide bonds. The quantitative estimate of drug-likeness (QED) is 0.617. The van der Waals surface area contributed by atoms with Crippen molar-refractivity contribution in [3.05, 3.63) is 52.1 Å². The molecule has 0 atom stereocenters. The number of hydrogen-bond acceptors (Lipinski definition) is 3. The van der Waals surface area contributed by atoms with Crippen molar-refractivity contribution in [1.29, 1.82) is 0 Å². The van der Waals surface area contributed by atoms with E-state index in [2.05, 4.69) is 41.2 Å². The Morgan fingerprint density at radius 3 is 2.33 bits per heavy atom. The van der Waals surface area contributed by atoms with Crippen molar-refractivity contribution in [1.82, 2.24) is 9.97 Å². The Morgan fingerprint density at radius 1 is 1.06 bits per heavy atom. The van der Waals surface area contributed by atoms with Gasteiger partial charge in [-0.15, -0.1) is 11.8 Å². The van der Waals surface area contributed by atoms with Gasteiger partial charge in [-0.3, -0.25) is 0 Å². The number of thioether (sulfide) groups is 1. The predicted molar refractivity (Wildman–Crippen MR) is 77.3 cm³/mol. The number of hydrogen-bond donors (Lipinski definition) is 0. The number of rotatable bonds is 3. The van der Waals surface area contributed by atoms with Gasteiger partial charge >= 0.3 is 0 Å². The molecule has 0 aliphatic carbocycles. The highest BCUT2D eigenvalue weighted by Gasteiger charge is 2.06. The SMILES string of the molecule is Cc1ccc(SCc2nc(C)c(C)c(Cl)n2)cc1. The van der Waals surface area contributed by atoms with Gasteiger partial charge in [0.15, 0.2) is 0 Å².